The number of amides is 1. The van der Waals surface area contributed by atoms with E-state index in [0.29, 0.717) is 17.4 Å². The summed E-state index contributed by atoms with van der Waals surface area (Å²) in [6, 6.07) is 10.8. The summed E-state index contributed by atoms with van der Waals surface area (Å²) in [6.07, 6.45) is 4.59. The molecule has 0 aliphatic rings. The Morgan fingerprint density at radius 2 is 1.91 bits per heavy atom. The van der Waals surface area contributed by atoms with Crippen molar-refractivity contribution < 1.29 is 4.79 Å². The van der Waals surface area contributed by atoms with Crippen LogP contribution in [-0.4, -0.2) is 20.7 Å². The molecule has 22 heavy (non-hydrogen) atoms. The van der Waals surface area contributed by atoms with Gasteiger partial charge in [0.05, 0.1) is 11.7 Å². The van der Waals surface area contributed by atoms with Crippen LogP contribution in [0.5, 0.6) is 0 Å². The molecule has 0 saturated carbocycles. The van der Waals surface area contributed by atoms with Crippen molar-refractivity contribution in [3.05, 3.63) is 70.8 Å². The SMILES string of the molecule is O=C(Cn1ncc(=O)c2ccccc21)NCc1ccncc1. The number of benzene rings is 1. The molecule has 3 rings (SSSR count). The molecule has 6 heteroatoms. The molecule has 0 unspecified atom stereocenters. The Morgan fingerprint density at radius 1 is 1.14 bits per heavy atom. The number of aromatic nitrogens is 3. The van der Waals surface area contributed by atoms with E-state index in [-0.39, 0.29) is 17.9 Å². The third-order valence-electron chi connectivity index (χ3n) is 3.29. The number of nitrogens with zero attached hydrogens (tertiary/aromatic N) is 3. The van der Waals surface area contributed by atoms with Gasteiger partial charge in [0.15, 0.2) is 0 Å². The molecule has 1 amide bonds. The molecular weight excluding hydrogens is 280 g/mol. The van der Waals surface area contributed by atoms with Crippen LogP contribution in [0.4, 0.5) is 0 Å². The molecule has 1 aromatic carbocycles. The summed E-state index contributed by atoms with van der Waals surface area (Å²) >= 11 is 0. The first kappa shape index (κ1) is 13.9. The molecule has 0 spiro atoms. The van der Waals surface area contributed by atoms with Crippen LogP contribution in [0.2, 0.25) is 0 Å². The van der Waals surface area contributed by atoms with Gasteiger partial charge >= 0.3 is 0 Å². The molecule has 1 N–H and O–H groups in total. The molecule has 0 saturated heterocycles. The Hall–Kier alpha value is -3.02. The molecule has 0 fully saturated rings. The lowest BCUT2D eigenvalue weighted by Gasteiger charge is -2.09. The normalized spacial score (nSPS) is 10.5. The summed E-state index contributed by atoms with van der Waals surface area (Å²) in [5.41, 5.74) is 1.47. The third-order valence-corrected chi connectivity index (χ3v) is 3.29. The Morgan fingerprint density at radius 3 is 2.73 bits per heavy atom. The van der Waals surface area contributed by atoms with E-state index in [4.69, 9.17) is 0 Å². The highest BCUT2D eigenvalue weighted by Crippen LogP contribution is 2.07. The molecule has 3 aromatic rings. The minimum atomic E-state index is -0.168. The molecule has 110 valence electrons. The second kappa shape index (κ2) is 6.17. The summed E-state index contributed by atoms with van der Waals surface area (Å²) in [4.78, 5) is 27.7. The zero-order valence-electron chi connectivity index (χ0n) is 11.8. The molecule has 0 aliphatic heterocycles. The molecule has 0 radical (unpaired) electrons. The van der Waals surface area contributed by atoms with E-state index >= 15 is 0 Å². The fourth-order valence-corrected chi connectivity index (χ4v) is 2.18. The van der Waals surface area contributed by atoms with Crippen LogP contribution >= 0.6 is 0 Å². The van der Waals surface area contributed by atoms with Crippen molar-refractivity contribution in [3.63, 3.8) is 0 Å². The molecule has 0 atom stereocenters. The van der Waals surface area contributed by atoms with E-state index in [2.05, 4.69) is 15.4 Å². The minimum Gasteiger partial charge on any atom is -0.350 e. The number of pyridine rings is 1. The Labute approximate surface area is 126 Å². The Kier molecular flexibility index (Phi) is 3.91. The van der Waals surface area contributed by atoms with Gasteiger partial charge < -0.3 is 5.32 Å². The first-order chi connectivity index (χ1) is 10.7. The van der Waals surface area contributed by atoms with Crippen molar-refractivity contribution in [1.82, 2.24) is 20.1 Å². The second-order valence-corrected chi connectivity index (χ2v) is 4.82. The van der Waals surface area contributed by atoms with Crippen molar-refractivity contribution in [3.8, 4) is 0 Å². The zero-order valence-corrected chi connectivity index (χ0v) is 11.8. The first-order valence-electron chi connectivity index (χ1n) is 6.84. The van der Waals surface area contributed by atoms with Gasteiger partial charge in [-0.2, -0.15) is 5.10 Å². The second-order valence-electron chi connectivity index (χ2n) is 4.82. The summed E-state index contributed by atoms with van der Waals surface area (Å²) in [5.74, 6) is -0.168. The van der Waals surface area contributed by atoms with Gasteiger partial charge in [-0.3, -0.25) is 19.3 Å². The van der Waals surface area contributed by atoms with Crippen LogP contribution in [0.15, 0.2) is 59.8 Å². The number of hydrogen-bond donors (Lipinski definition) is 1. The standard InChI is InChI=1S/C16H14N4O2/c21-15-10-19-20(14-4-2-1-3-13(14)15)11-16(22)18-9-12-5-7-17-8-6-12/h1-8,10H,9,11H2,(H,18,22). The topological polar surface area (TPSA) is 76.9 Å². The van der Waals surface area contributed by atoms with Crippen molar-refractivity contribution >= 4 is 16.8 Å². The zero-order chi connectivity index (χ0) is 15.4. The van der Waals surface area contributed by atoms with Crippen molar-refractivity contribution in [2.75, 3.05) is 0 Å². The summed E-state index contributed by atoms with van der Waals surface area (Å²) < 4.78 is 1.53. The fraction of sp³-hybridized carbons (Fsp3) is 0.125. The van der Waals surface area contributed by atoms with Gasteiger partial charge in [0.25, 0.3) is 0 Å². The largest absolute Gasteiger partial charge is 0.350 e. The van der Waals surface area contributed by atoms with E-state index in [1.807, 2.05) is 18.2 Å². The van der Waals surface area contributed by atoms with Gasteiger partial charge in [-0.25, -0.2) is 0 Å². The number of nitrogens with one attached hydrogen (secondary N) is 1. The fourth-order valence-electron chi connectivity index (χ4n) is 2.18. The lowest BCUT2D eigenvalue weighted by molar-refractivity contribution is -0.121. The molecule has 0 bridgehead atoms. The molecular formula is C16H14N4O2. The predicted octanol–water partition coefficient (Wildman–Crippen LogP) is 1.11. The maximum Gasteiger partial charge on any atom is 0.242 e. The van der Waals surface area contributed by atoms with Gasteiger partial charge in [-0.1, -0.05) is 12.1 Å². The average Bonchev–Trinajstić information content (AvgIpc) is 2.57. The van der Waals surface area contributed by atoms with Crippen LogP contribution in [0.3, 0.4) is 0 Å². The maximum absolute atomic E-state index is 12.0. The lowest BCUT2D eigenvalue weighted by atomic mass is 10.2. The third kappa shape index (κ3) is 3.01. The van der Waals surface area contributed by atoms with E-state index in [0.717, 1.165) is 5.56 Å². The van der Waals surface area contributed by atoms with Gasteiger partial charge in [0.1, 0.15) is 6.54 Å². The molecule has 0 aliphatic carbocycles. The van der Waals surface area contributed by atoms with E-state index in [1.54, 1.807) is 30.6 Å². The number of carbonyl (C=O) groups excluding carboxylic acids is 1. The predicted molar refractivity (Wildman–Crippen MR) is 82.1 cm³/mol. The summed E-state index contributed by atoms with van der Waals surface area (Å²) in [5, 5.41) is 7.41. The van der Waals surface area contributed by atoms with Crippen LogP contribution in [0, 0.1) is 0 Å². The van der Waals surface area contributed by atoms with Crippen LogP contribution < -0.4 is 10.7 Å². The monoisotopic (exact) mass is 294 g/mol. The van der Waals surface area contributed by atoms with E-state index < -0.39 is 0 Å². The first-order valence-corrected chi connectivity index (χ1v) is 6.84. The van der Waals surface area contributed by atoms with Crippen molar-refractivity contribution in [1.29, 1.82) is 0 Å². The van der Waals surface area contributed by atoms with E-state index in [1.165, 1.54) is 10.9 Å². The molecule has 2 heterocycles. The number of fused-ring (bicyclic) bond motifs is 1. The number of carbonyl (C=O) groups is 1. The lowest BCUT2D eigenvalue weighted by Crippen LogP contribution is -2.28. The van der Waals surface area contributed by atoms with Gasteiger partial charge in [-0.05, 0) is 29.8 Å². The number of para-hydroxylation sites is 1. The van der Waals surface area contributed by atoms with Gasteiger partial charge in [-0.15, -0.1) is 0 Å². The maximum atomic E-state index is 12.0. The van der Waals surface area contributed by atoms with Crippen LogP contribution in [0.1, 0.15) is 5.56 Å². The molecule has 2 aromatic heterocycles. The Balaban J connectivity index is 1.75. The highest BCUT2D eigenvalue weighted by Gasteiger charge is 2.07. The van der Waals surface area contributed by atoms with E-state index in [9.17, 15) is 9.59 Å². The van der Waals surface area contributed by atoms with Gasteiger partial charge in [0, 0.05) is 24.3 Å². The quantitative estimate of drug-likeness (QED) is 0.782. The Bertz CT molecular complexity index is 859. The highest BCUT2D eigenvalue weighted by atomic mass is 16.2. The van der Waals surface area contributed by atoms with Crippen molar-refractivity contribution in [2.24, 2.45) is 0 Å². The van der Waals surface area contributed by atoms with Crippen molar-refractivity contribution in [2.45, 2.75) is 13.1 Å². The summed E-state index contributed by atoms with van der Waals surface area (Å²) in [7, 11) is 0. The molecule has 6 nitrogen and oxygen atoms in total. The smallest absolute Gasteiger partial charge is 0.242 e. The van der Waals surface area contributed by atoms with Crippen LogP contribution in [-0.2, 0) is 17.9 Å². The average molecular weight is 294 g/mol. The number of hydrogen-bond acceptors (Lipinski definition) is 4. The highest BCUT2D eigenvalue weighted by molar-refractivity contribution is 5.81. The number of rotatable bonds is 4. The van der Waals surface area contributed by atoms with Gasteiger partial charge in [0.2, 0.25) is 11.3 Å². The minimum absolute atomic E-state index is 0.0614. The van der Waals surface area contributed by atoms with Crippen LogP contribution in [0.25, 0.3) is 10.9 Å². The summed E-state index contributed by atoms with van der Waals surface area (Å²) in [6.45, 7) is 0.491.